The Hall–Kier alpha value is -0.200. The van der Waals surface area contributed by atoms with Crippen molar-refractivity contribution in [1.82, 2.24) is 0 Å². The van der Waals surface area contributed by atoms with Crippen LogP contribution >= 0.6 is 11.6 Å². The fraction of sp³-hybridized carbons (Fsp3) is 0.447. The van der Waals surface area contributed by atoms with Crippen molar-refractivity contribution >= 4 is 69.2 Å². The number of allylic oxidation sites excluding steroid dienone is 8. The van der Waals surface area contributed by atoms with Crippen molar-refractivity contribution in [1.29, 1.82) is 0 Å². The monoisotopic (exact) mass is 952 g/mol. The second-order valence-corrected chi connectivity index (χ2v) is 21.6. The van der Waals surface area contributed by atoms with Crippen molar-refractivity contribution in [2.24, 2.45) is 0 Å². The summed E-state index contributed by atoms with van der Waals surface area (Å²) in [4.78, 5) is 1.17. The summed E-state index contributed by atoms with van der Waals surface area (Å²) < 4.78 is 141. The van der Waals surface area contributed by atoms with Gasteiger partial charge in [0.1, 0.15) is 26.8 Å². The van der Waals surface area contributed by atoms with Gasteiger partial charge in [-0.25, -0.2) is 33.7 Å². The van der Waals surface area contributed by atoms with E-state index in [9.17, 15) is 51.9 Å². The van der Waals surface area contributed by atoms with E-state index in [0.717, 1.165) is 29.0 Å². The van der Waals surface area contributed by atoms with Gasteiger partial charge in [0.05, 0.1) is 35.4 Å². The third kappa shape index (κ3) is 13.4. The average molecular weight is 953 g/mol. The Morgan fingerprint density at radius 3 is 1.82 bits per heavy atom. The zero-order valence-electron chi connectivity index (χ0n) is 34.9. The van der Waals surface area contributed by atoms with Gasteiger partial charge in [0.25, 0.3) is 0 Å². The molecule has 312 valence electrons. The predicted molar refractivity (Wildman–Crippen MR) is 212 cm³/mol. The second-order valence-electron chi connectivity index (χ2n) is 15.4. The third-order valence-electron chi connectivity index (χ3n) is 10.7. The number of fused-ring (bicyclic) bond motifs is 2. The number of benzene rings is 2. The maximum Gasteiger partial charge on any atom is 1.00 e. The summed E-state index contributed by atoms with van der Waals surface area (Å²) in [6.07, 6.45) is 10.4. The summed E-state index contributed by atoms with van der Waals surface area (Å²) >= 11 is 7.06. The molecule has 0 N–H and O–H groups in total. The maximum absolute atomic E-state index is 11.9. The van der Waals surface area contributed by atoms with E-state index in [4.69, 9.17) is 11.6 Å². The molecular weight excluding hydrogens is 909 g/mol. The van der Waals surface area contributed by atoms with E-state index in [0.29, 0.717) is 66.3 Å². The molecule has 0 saturated heterocycles. The first-order chi connectivity index (χ1) is 26.2. The number of rotatable bonds is 15. The molecule has 2 aromatic rings. The van der Waals surface area contributed by atoms with Crippen LogP contribution in [-0.4, -0.2) is 86.8 Å². The van der Waals surface area contributed by atoms with Gasteiger partial charge in [-0.3, -0.25) is 0 Å². The number of halogens is 1. The fourth-order valence-electron chi connectivity index (χ4n) is 7.77. The Morgan fingerprint density at radius 2 is 1.25 bits per heavy atom. The van der Waals surface area contributed by atoms with E-state index in [1.165, 1.54) is 24.3 Å². The summed E-state index contributed by atoms with van der Waals surface area (Å²) in [7, 11) is -18.3. The molecule has 0 aromatic heterocycles. The van der Waals surface area contributed by atoms with Crippen molar-refractivity contribution in [3.05, 3.63) is 93.7 Å². The number of hydrogen-bond donors (Lipinski definition) is 0. The van der Waals surface area contributed by atoms with Gasteiger partial charge in [0.15, 0.2) is 5.71 Å². The van der Waals surface area contributed by atoms with Gasteiger partial charge in [-0.2, -0.15) is 4.58 Å². The topological polar surface area (TPSA) is 235 Å². The van der Waals surface area contributed by atoms with Crippen molar-refractivity contribution in [3.63, 3.8) is 0 Å². The standard InChI is InChI=1S/C38H47ClN2O12S4.3Na/c1-37(2)30-24-28(56(48,49)50)14-16-32(30)40(20-5-7-22-54(42,43)44)34(37)18-12-26-10-9-11-27(36(26)39)13-19-35-38(3,4)31-25-29(57(51,52)53)15-17-33(31)41(35)21-6-8-23-55(45,46)47;;;/h12-19,24-25H,5-11,20-23H2,1-4H3,(H3-,42,43,44,45,46,47,48,49,50,51,52,53);;;/q;3*+1/p-3. The second kappa shape index (κ2) is 21.4. The fourth-order valence-corrected chi connectivity index (χ4v) is 10.2. The normalized spacial score (nSPS) is 19.0. The van der Waals surface area contributed by atoms with Crippen LogP contribution in [0.4, 0.5) is 11.4 Å². The molecule has 14 nitrogen and oxygen atoms in total. The van der Waals surface area contributed by atoms with Crippen LogP contribution in [-0.2, 0) is 51.3 Å². The summed E-state index contributed by atoms with van der Waals surface area (Å²) in [6, 6.07) is 8.27. The summed E-state index contributed by atoms with van der Waals surface area (Å²) in [5.41, 5.74) is 3.97. The smallest absolute Gasteiger partial charge is 0.748 e. The van der Waals surface area contributed by atoms with Crippen molar-refractivity contribution in [2.75, 3.05) is 29.5 Å². The van der Waals surface area contributed by atoms with Gasteiger partial charge in [0.2, 0.25) is 5.69 Å². The Kier molecular flexibility index (Phi) is 20.0. The van der Waals surface area contributed by atoms with Crippen LogP contribution in [0.15, 0.2) is 92.4 Å². The van der Waals surface area contributed by atoms with E-state index in [1.807, 2.05) is 61.5 Å². The molecule has 2 aromatic carbocycles. The molecule has 2 aliphatic heterocycles. The zero-order chi connectivity index (χ0) is 42.4. The minimum absolute atomic E-state index is 0. The van der Waals surface area contributed by atoms with Crippen LogP contribution in [0, 0.1) is 0 Å². The number of anilines is 1. The molecule has 1 aliphatic carbocycles. The zero-order valence-corrected chi connectivity index (χ0v) is 44.9. The molecule has 0 atom stereocenters. The Morgan fingerprint density at radius 1 is 0.700 bits per heavy atom. The van der Waals surface area contributed by atoms with Gasteiger partial charge in [0, 0.05) is 64.0 Å². The first kappa shape index (κ1) is 55.9. The SMILES string of the molecule is CC1(C)C(=CC=C2CCCC(C=CC3=[N+](CCCCS(=O)(=O)[O-])c4ccc(S(=O)(=O)[O-])cc4C3(C)C)=C2Cl)N(CCCCS(=O)(=O)[O-])c2ccc(S(=O)(=O)[O-])cc21.[Na+].[Na+].[Na+]. The van der Waals surface area contributed by atoms with E-state index in [-0.39, 0.29) is 111 Å². The van der Waals surface area contributed by atoms with Crippen molar-refractivity contribution in [3.8, 4) is 0 Å². The number of unbranched alkanes of at least 4 members (excludes halogenated alkanes) is 2. The van der Waals surface area contributed by atoms with E-state index < -0.39 is 62.8 Å². The van der Waals surface area contributed by atoms with Crippen LogP contribution in [0.3, 0.4) is 0 Å². The van der Waals surface area contributed by atoms with Gasteiger partial charge in [-0.05, 0) is 105 Å². The van der Waals surface area contributed by atoms with Gasteiger partial charge in [-0.15, -0.1) is 0 Å². The molecule has 22 heteroatoms. The molecule has 5 rings (SSSR count). The first-order valence-electron chi connectivity index (χ1n) is 18.2. The van der Waals surface area contributed by atoms with E-state index in [2.05, 4.69) is 0 Å². The summed E-state index contributed by atoms with van der Waals surface area (Å²) in [5.74, 6) is -1.06. The van der Waals surface area contributed by atoms with Crippen molar-refractivity contribution in [2.45, 2.75) is 93.3 Å². The molecule has 0 amide bonds. The molecule has 0 bridgehead atoms. The molecule has 0 fully saturated rings. The molecule has 2 heterocycles. The molecule has 0 saturated carbocycles. The van der Waals surface area contributed by atoms with Crippen LogP contribution in [0.2, 0.25) is 0 Å². The van der Waals surface area contributed by atoms with Gasteiger partial charge >= 0.3 is 88.7 Å². The number of hydrogen-bond acceptors (Lipinski definition) is 13. The molecule has 60 heavy (non-hydrogen) atoms. The Bertz CT molecular complexity index is 2590. The minimum Gasteiger partial charge on any atom is -0.748 e. The molecule has 0 unspecified atom stereocenters. The van der Waals surface area contributed by atoms with Gasteiger partial charge < -0.3 is 23.1 Å². The quantitative estimate of drug-likeness (QED) is 0.0727. The molecule has 0 spiro atoms. The molecular formula is C38H44ClN2Na3O12S4. The average Bonchev–Trinajstić information content (AvgIpc) is 3.43. The summed E-state index contributed by atoms with van der Waals surface area (Å²) in [6.45, 7) is 8.14. The number of nitrogens with zero attached hydrogens (tertiary/aromatic N) is 2. The van der Waals surface area contributed by atoms with E-state index >= 15 is 0 Å². The minimum atomic E-state index is -4.75. The van der Waals surface area contributed by atoms with Crippen LogP contribution in [0.25, 0.3) is 0 Å². The molecule has 0 radical (unpaired) electrons. The van der Waals surface area contributed by atoms with Gasteiger partial charge in [-0.1, -0.05) is 37.6 Å². The van der Waals surface area contributed by atoms with Crippen LogP contribution in [0.5, 0.6) is 0 Å². The largest absolute Gasteiger partial charge is 1.00 e. The Balaban J connectivity index is 0.00000413. The van der Waals surface area contributed by atoms with Crippen molar-refractivity contribution < 1.29 is 145 Å². The maximum atomic E-state index is 11.9. The predicted octanol–water partition coefficient (Wildman–Crippen LogP) is -3.63. The first-order valence-corrected chi connectivity index (χ1v) is 24.6. The third-order valence-corrected chi connectivity index (χ3v) is 14.4. The van der Waals surface area contributed by atoms with Crippen LogP contribution < -0.4 is 93.6 Å². The molecule has 3 aliphatic rings. The van der Waals surface area contributed by atoms with E-state index in [1.54, 1.807) is 12.1 Å². The van der Waals surface area contributed by atoms with Crippen LogP contribution in [0.1, 0.15) is 83.8 Å². The Labute approximate surface area is 425 Å². The summed E-state index contributed by atoms with van der Waals surface area (Å²) in [5, 5.41) is 0.496.